The SMILES string of the molecule is O=C1C=c2cc(COc3ncnc4nc[nH]c34)ccc2=N1. The fraction of sp³-hybridized carbons (Fsp3) is 0.0714. The molecule has 2 aromatic heterocycles. The van der Waals surface area contributed by atoms with Crippen molar-refractivity contribution in [2.75, 3.05) is 0 Å². The minimum absolute atomic E-state index is 0.224. The van der Waals surface area contributed by atoms with Gasteiger partial charge >= 0.3 is 0 Å². The first-order valence-corrected chi connectivity index (χ1v) is 6.30. The number of rotatable bonds is 3. The van der Waals surface area contributed by atoms with Gasteiger partial charge in [-0.3, -0.25) is 4.79 Å². The Morgan fingerprint density at radius 3 is 3.10 bits per heavy atom. The summed E-state index contributed by atoms with van der Waals surface area (Å²) in [5.41, 5.74) is 2.16. The predicted molar refractivity (Wildman–Crippen MR) is 72.7 cm³/mol. The van der Waals surface area contributed by atoms with Gasteiger partial charge in [0.25, 0.3) is 5.91 Å². The van der Waals surface area contributed by atoms with Crippen LogP contribution < -0.4 is 15.3 Å². The molecule has 1 aromatic carbocycles. The van der Waals surface area contributed by atoms with Crippen molar-refractivity contribution in [2.45, 2.75) is 6.61 Å². The summed E-state index contributed by atoms with van der Waals surface area (Å²) in [5.74, 6) is 0.223. The Balaban J connectivity index is 1.62. The van der Waals surface area contributed by atoms with Gasteiger partial charge in [-0.25, -0.2) is 15.0 Å². The number of amides is 1. The van der Waals surface area contributed by atoms with E-state index >= 15 is 0 Å². The van der Waals surface area contributed by atoms with Gasteiger partial charge < -0.3 is 9.72 Å². The van der Waals surface area contributed by atoms with E-state index in [-0.39, 0.29) is 5.91 Å². The molecule has 0 spiro atoms. The van der Waals surface area contributed by atoms with E-state index in [1.165, 1.54) is 12.4 Å². The molecule has 0 radical (unpaired) electrons. The molecular formula is C14H9N5O2. The van der Waals surface area contributed by atoms with Gasteiger partial charge in [0, 0.05) is 11.3 Å². The zero-order chi connectivity index (χ0) is 14.2. The average molecular weight is 279 g/mol. The van der Waals surface area contributed by atoms with Crippen molar-refractivity contribution in [3.8, 4) is 5.88 Å². The number of aromatic nitrogens is 4. The lowest BCUT2D eigenvalue weighted by atomic mass is 10.2. The molecule has 0 atom stereocenters. The molecule has 7 heteroatoms. The van der Waals surface area contributed by atoms with Crippen LogP contribution in [0.15, 0.2) is 35.8 Å². The molecule has 1 aliphatic heterocycles. The fourth-order valence-electron chi connectivity index (χ4n) is 2.20. The molecule has 1 aliphatic rings. The van der Waals surface area contributed by atoms with Crippen LogP contribution in [0.1, 0.15) is 5.56 Å². The van der Waals surface area contributed by atoms with Crippen molar-refractivity contribution in [1.82, 2.24) is 19.9 Å². The Bertz CT molecular complexity index is 976. The van der Waals surface area contributed by atoms with Crippen molar-refractivity contribution in [2.24, 2.45) is 4.99 Å². The zero-order valence-corrected chi connectivity index (χ0v) is 10.8. The quantitative estimate of drug-likeness (QED) is 0.721. The van der Waals surface area contributed by atoms with E-state index in [9.17, 15) is 4.79 Å². The van der Waals surface area contributed by atoms with Crippen LogP contribution in [0, 0.1) is 0 Å². The lowest BCUT2D eigenvalue weighted by molar-refractivity contribution is -0.112. The number of ether oxygens (including phenoxy) is 1. The number of carbonyl (C=O) groups excluding carboxylic acids is 1. The molecule has 0 bridgehead atoms. The standard InChI is InChI=1S/C14H9N5O2/c20-11-4-9-3-8(1-2-10(9)19-11)5-21-14-12-13(16-6-15-12)17-7-18-14/h1-4,6-7H,5H2,(H,15,16,17,18). The highest BCUT2D eigenvalue weighted by Gasteiger charge is 2.08. The van der Waals surface area contributed by atoms with Crippen LogP contribution in [0.3, 0.4) is 0 Å². The highest BCUT2D eigenvalue weighted by atomic mass is 16.5. The molecule has 0 saturated heterocycles. The lowest BCUT2D eigenvalue weighted by Gasteiger charge is -2.05. The number of hydrogen-bond donors (Lipinski definition) is 1. The van der Waals surface area contributed by atoms with Crippen LogP contribution in [0.2, 0.25) is 0 Å². The van der Waals surface area contributed by atoms with Gasteiger partial charge in [-0.2, -0.15) is 4.98 Å². The molecule has 4 rings (SSSR count). The van der Waals surface area contributed by atoms with Gasteiger partial charge in [0.1, 0.15) is 18.5 Å². The second kappa shape index (κ2) is 4.48. The van der Waals surface area contributed by atoms with Crippen molar-refractivity contribution in [3.05, 3.63) is 47.0 Å². The highest BCUT2D eigenvalue weighted by molar-refractivity contribution is 6.06. The molecule has 102 valence electrons. The highest BCUT2D eigenvalue weighted by Crippen LogP contribution is 2.17. The summed E-state index contributed by atoms with van der Waals surface area (Å²) in [7, 11) is 0. The maximum atomic E-state index is 11.2. The normalized spacial score (nSPS) is 12.9. The lowest BCUT2D eigenvalue weighted by Crippen LogP contribution is -2.21. The molecule has 0 unspecified atom stereocenters. The first-order chi connectivity index (χ1) is 10.3. The van der Waals surface area contributed by atoms with Gasteiger partial charge in [0.15, 0.2) is 5.65 Å². The van der Waals surface area contributed by atoms with E-state index in [0.29, 0.717) is 29.0 Å². The predicted octanol–water partition coefficient (Wildman–Crippen LogP) is -0.128. The number of nitrogens with zero attached hydrogens (tertiary/aromatic N) is 4. The smallest absolute Gasteiger partial charge is 0.270 e. The minimum Gasteiger partial charge on any atom is -0.471 e. The van der Waals surface area contributed by atoms with E-state index in [2.05, 4.69) is 24.9 Å². The summed E-state index contributed by atoms with van der Waals surface area (Å²) in [6.07, 6.45) is 4.47. The van der Waals surface area contributed by atoms with E-state index < -0.39 is 0 Å². The Morgan fingerprint density at radius 1 is 1.19 bits per heavy atom. The van der Waals surface area contributed by atoms with E-state index in [4.69, 9.17) is 4.74 Å². The molecule has 7 nitrogen and oxygen atoms in total. The van der Waals surface area contributed by atoms with Crippen LogP contribution in [0.4, 0.5) is 0 Å². The topological polar surface area (TPSA) is 93.1 Å². The van der Waals surface area contributed by atoms with Crippen LogP contribution >= 0.6 is 0 Å². The second-order valence-corrected chi connectivity index (χ2v) is 4.56. The summed E-state index contributed by atoms with van der Waals surface area (Å²) >= 11 is 0. The summed E-state index contributed by atoms with van der Waals surface area (Å²) < 4.78 is 5.70. The van der Waals surface area contributed by atoms with Crippen molar-refractivity contribution >= 4 is 23.1 Å². The third kappa shape index (κ3) is 2.04. The number of hydrogen-bond acceptors (Lipinski definition) is 5. The molecular weight excluding hydrogens is 270 g/mol. The van der Waals surface area contributed by atoms with Crippen LogP contribution in [0.5, 0.6) is 5.88 Å². The number of fused-ring (bicyclic) bond motifs is 2. The fourth-order valence-corrected chi connectivity index (χ4v) is 2.20. The van der Waals surface area contributed by atoms with Gasteiger partial charge in [-0.15, -0.1) is 0 Å². The van der Waals surface area contributed by atoms with E-state index in [1.54, 1.807) is 12.4 Å². The van der Waals surface area contributed by atoms with Crippen LogP contribution in [-0.4, -0.2) is 25.8 Å². The Kier molecular flexibility index (Phi) is 2.50. The van der Waals surface area contributed by atoms with Crippen LogP contribution in [0.25, 0.3) is 17.2 Å². The first-order valence-electron chi connectivity index (χ1n) is 6.30. The molecule has 3 heterocycles. The monoisotopic (exact) mass is 279 g/mol. The van der Waals surface area contributed by atoms with Gasteiger partial charge in [0.2, 0.25) is 5.88 Å². The number of imidazole rings is 1. The second-order valence-electron chi connectivity index (χ2n) is 4.56. The minimum atomic E-state index is -0.224. The van der Waals surface area contributed by atoms with E-state index in [1.807, 2.05) is 12.1 Å². The first kappa shape index (κ1) is 11.7. The maximum absolute atomic E-state index is 11.2. The van der Waals surface area contributed by atoms with Gasteiger partial charge in [0.05, 0.1) is 11.7 Å². The number of aromatic amines is 1. The average Bonchev–Trinajstić information content (AvgIpc) is 3.09. The molecule has 1 amide bonds. The van der Waals surface area contributed by atoms with Gasteiger partial charge in [-0.1, -0.05) is 6.07 Å². The molecule has 0 aliphatic carbocycles. The Morgan fingerprint density at radius 2 is 2.14 bits per heavy atom. The number of nitrogens with one attached hydrogen (secondary N) is 1. The van der Waals surface area contributed by atoms with Crippen molar-refractivity contribution in [1.29, 1.82) is 0 Å². The maximum Gasteiger partial charge on any atom is 0.270 e. The summed E-state index contributed by atoms with van der Waals surface area (Å²) in [4.78, 5) is 30.2. The van der Waals surface area contributed by atoms with Crippen molar-refractivity contribution in [3.63, 3.8) is 0 Å². The molecule has 0 saturated carbocycles. The third-order valence-corrected chi connectivity index (χ3v) is 3.17. The third-order valence-electron chi connectivity index (χ3n) is 3.17. The zero-order valence-electron chi connectivity index (χ0n) is 10.8. The van der Waals surface area contributed by atoms with Gasteiger partial charge in [-0.05, 0) is 17.7 Å². The number of carbonyl (C=O) groups is 1. The molecule has 21 heavy (non-hydrogen) atoms. The van der Waals surface area contributed by atoms with Crippen LogP contribution in [-0.2, 0) is 11.4 Å². The van der Waals surface area contributed by atoms with Crippen molar-refractivity contribution < 1.29 is 9.53 Å². The summed E-state index contributed by atoms with van der Waals surface area (Å²) in [6.45, 7) is 0.334. The van der Waals surface area contributed by atoms with E-state index in [0.717, 1.165) is 10.8 Å². The largest absolute Gasteiger partial charge is 0.471 e. The molecule has 0 fully saturated rings. The summed E-state index contributed by atoms with van der Waals surface area (Å²) in [5, 5.41) is 1.51. The Hall–Kier alpha value is -3.09. The number of H-pyrrole nitrogens is 1. The number of benzene rings is 1. The Labute approximate surface area is 118 Å². The molecule has 3 aromatic rings. The summed E-state index contributed by atoms with van der Waals surface area (Å²) in [6, 6.07) is 5.57. The molecule has 1 N–H and O–H groups in total.